The molecule has 1 saturated heterocycles. The van der Waals surface area contributed by atoms with Gasteiger partial charge in [-0.25, -0.2) is 0 Å². The van der Waals surface area contributed by atoms with E-state index in [1.165, 1.54) is 0 Å². The summed E-state index contributed by atoms with van der Waals surface area (Å²) in [6.45, 7) is 4.26. The second-order valence-electron chi connectivity index (χ2n) is 4.22. The Morgan fingerprint density at radius 2 is 2.33 bits per heavy atom. The van der Waals surface area contributed by atoms with Gasteiger partial charge in [-0.15, -0.1) is 0 Å². The molecule has 1 aromatic rings. The van der Waals surface area contributed by atoms with Crippen molar-refractivity contribution in [3.05, 3.63) is 28.7 Å². The van der Waals surface area contributed by atoms with Crippen LogP contribution in [-0.4, -0.2) is 49.2 Å². The van der Waals surface area contributed by atoms with Crippen LogP contribution in [0.4, 0.5) is 0 Å². The van der Waals surface area contributed by atoms with Gasteiger partial charge in [0, 0.05) is 28.9 Å². The number of hydrogen-bond donors (Lipinski definition) is 0. The van der Waals surface area contributed by atoms with Crippen molar-refractivity contribution >= 4 is 31.9 Å². The van der Waals surface area contributed by atoms with Gasteiger partial charge in [0.05, 0.1) is 13.2 Å². The quantitative estimate of drug-likeness (QED) is 0.735. The average Bonchev–Trinajstić information content (AvgIpc) is 2.39. The summed E-state index contributed by atoms with van der Waals surface area (Å²) in [4.78, 5) is 2.41. The summed E-state index contributed by atoms with van der Waals surface area (Å²) in [5.74, 6) is 0.910. The lowest BCUT2D eigenvalue weighted by Gasteiger charge is -2.34. The van der Waals surface area contributed by atoms with Gasteiger partial charge in [-0.05, 0) is 18.2 Å². The Morgan fingerprint density at radius 1 is 1.44 bits per heavy atom. The molecule has 0 N–H and O–H groups in total. The summed E-state index contributed by atoms with van der Waals surface area (Å²) >= 11 is 6.97. The van der Waals surface area contributed by atoms with Gasteiger partial charge in [0.2, 0.25) is 0 Å². The molecule has 1 aliphatic heterocycles. The van der Waals surface area contributed by atoms with E-state index in [9.17, 15) is 0 Å². The molecular weight excluding hydrogens is 362 g/mol. The molecule has 5 heteroatoms. The number of alkyl halides is 1. The number of nitrogens with zero attached hydrogens (tertiary/aromatic N) is 1. The smallest absolute Gasteiger partial charge is 0.120 e. The Balaban J connectivity index is 1.77. The molecule has 0 bridgehead atoms. The van der Waals surface area contributed by atoms with Crippen LogP contribution < -0.4 is 4.74 Å². The molecule has 0 amide bonds. The van der Waals surface area contributed by atoms with Crippen LogP contribution in [0.15, 0.2) is 28.7 Å². The Hall–Kier alpha value is -0.100. The molecule has 0 radical (unpaired) electrons. The number of rotatable bonds is 5. The van der Waals surface area contributed by atoms with E-state index < -0.39 is 0 Å². The maximum Gasteiger partial charge on any atom is 0.120 e. The van der Waals surface area contributed by atoms with E-state index in [2.05, 4.69) is 36.8 Å². The largest absolute Gasteiger partial charge is 0.492 e. The van der Waals surface area contributed by atoms with Crippen LogP contribution in [-0.2, 0) is 4.74 Å². The van der Waals surface area contributed by atoms with E-state index in [-0.39, 0.29) is 0 Å². The van der Waals surface area contributed by atoms with E-state index in [4.69, 9.17) is 9.47 Å². The molecule has 1 atom stereocenters. The number of morpholine rings is 1. The first-order chi connectivity index (χ1) is 8.79. The van der Waals surface area contributed by atoms with Gasteiger partial charge >= 0.3 is 0 Å². The van der Waals surface area contributed by atoms with Crippen molar-refractivity contribution in [1.82, 2.24) is 4.90 Å². The Labute approximate surface area is 125 Å². The van der Waals surface area contributed by atoms with E-state index in [0.717, 1.165) is 41.9 Å². The van der Waals surface area contributed by atoms with Crippen molar-refractivity contribution < 1.29 is 9.47 Å². The monoisotopic (exact) mass is 377 g/mol. The highest BCUT2D eigenvalue weighted by Gasteiger charge is 2.21. The maximum atomic E-state index is 5.75. The van der Waals surface area contributed by atoms with Gasteiger partial charge in [-0.1, -0.05) is 37.9 Å². The van der Waals surface area contributed by atoms with Gasteiger partial charge in [0.15, 0.2) is 0 Å². The SMILES string of the molecule is BrCC1COCCN1CCOc1cccc(Br)c1. The van der Waals surface area contributed by atoms with Gasteiger partial charge in [-0.2, -0.15) is 0 Å². The van der Waals surface area contributed by atoms with Gasteiger partial charge in [-0.3, -0.25) is 4.90 Å². The molecule has 1 unspecified atom stereocenters. The second kappa shape index (κ2) is 7.48. The first-order valence-electron chi connectivity index (χ1n) is 6.05. The summed E-state index contributed by atoms with van der Waals surface area (Å²) in [5.41, 5.74) is 0. The zero-order valence-corrected chi connectivity index (χ0v) is 13.3. The fourth-order valence-corrected chi connectivity index (χ4v) is 2.94. The molecule has 0 saturated carbocycles. The number of hydrogen-bond acceptors (Lipinski definition) is 3. The molecule has 0 spiro atoms. The summed E-state index contributed by atoms with van der Waals surface area (Å²) in [5, 5.41) is 0.948. The third-order valence-electron chi connectivity index (χ3n) is 2.97. The first kappa shape index (κ1) is 14.3. The summed E-state index contributed by atoms with van der Waals surface area (Å²) < 4.78 is 12.3. The van der Waals surface area contributed by atoms with Crippen LogP contribution >= 0.6 is 31.9 Å². The second-order valence-corrected chi connectivity index (χ2v) is 5.79. The highest BCUT2D eigenvalue weighted by atomic mass is 79.9. The maximum absolute atomic E-state index is 5.75. The minimum absolute atomic E-state index is 0.463. The van der Waals surface area contributed by atoms with Crippen molar-refractivity contribution in [2.45, 2.75) is 6.04 Å². The third kappa shape index (κ3) is 4.23. The van der Waals surface area contributed by atoms with Gasteiger partial charge in [0.1, 0.15) is 12.4 Å². The molecule has 0 aliphatic carbocycles. The van der Waals surface area contributed by atoms with E-state index in [1.54, 1.807) is 0 Å². The number of ether oxygens (including phenoxy) is 2. The molecule has 18 heavy (non-hydrogen) atoms. The average molecular weight is 379 g/mol. The van der Waals surface area contributed by atoms with E-state index >= 15 is 0 Å². The Morgan fingerprint density at radius 3 is 3.11 bits per heavy atom. The molecule has 1 aromatic carbocycles. The summed E-state index contributed by atoms with van der Waals surface area (Å²) in [6.07, 6.45) is 0. The lowest BCUT2D eigenvalue weighted by Crippen LogP contribution is -2.47. The molecule has 1 fully saturated rings. The molecule has 1 aliphatic rings. The molecule has 1 heterocycles. The lowest BCUT2D eigenvalue weighted by molar-refractivity contribution is -0.00296. The molecule has 2 rings (SSSR count). The lowest BCUT2D eigenvalue weighted by atomic mass is 10.2. The van der Waals surface area contributed by atoms with Crippen molar-refractivity contribution in [3.8, 4) is 5.75 Å². The van der Waals surface area contributed by atoms with E-state index in [0.29, 0.717) is 12.6 Å². The van der Waals surface area contributed by atoms with Crippen molar-refractivity contribution in [3.63, 3.8) is 0 Å². The van der Waals surface area contributed by atoms with Gasteiger partial charge < -0.3 is 9.47 Å². The number of halogens is 2. The Kier molecular flexibility index (Phi) is 5.95. The fourth-order valence-electron chi connectivity index (χ4n) is 1.96. The molecule has 0 aromatic heterocycles. The zero-order chi connectivity index (χ0) is 12.8. The molecule has 3 nitrogen and oxygen atoms in total. The predicted octanol–water partition coefficient (Wildman–Crippen LogP) is 2.92. The first-order valence-corrected chi connectivity index (χ1v) is 7.97. The van der Waals surface area contributed by atoms with Crippen LogP contribution in [0.3, 0.4) is 0 Å². The van der Waals surface area contributed by atoms with Crippen molar-refractivity contribution in [2.75, 3.05) is 38.2 Å². The highest BCUT2D eigenvalue weighted by Crippen LogP contribution is 2.18. The van der Waals surface area contributed by atoms with Crippen molar-refractivity contribution in [1.29, 1.82) is 0 Å². The third-order valence-corrected chi connectivity index (χ3v) is 4.21. The zero-order valence-electron chi connectivity index (χ0n) is 10.1. The van der Waals surface area contributed by atoms with Crippen LogP contribution in [0.1, 0.15) is 0 Å². The van der Waals surface area contributed by atoms with Crippen LogP contribution in [0.2, 0.25) is 0 Å². The minimum atomic E-state index is 0.463. The predicted molar refractivity (Wildman–Crippen MR) is 79.6 cm³/mol. The molecular formula is C13H17Br2NO2. The topological polar surface area (TPSA) is 21.7 Å². The number of benzene rings is 1. The van der Waals surface area contributed by atoms with Crippen LogP contribution in [0, 0.1) is 0 Å². The normalized spacial score (nSPS) is 20.9. The standard InChI is InChI=1S/C13H17Br2NO2/c14-9-12-10-17-6-4-16(12)5-7-18-13-3-1-2-11(15)8-13/h1-3,8,12H,4-7,9-10H2. The van der Waals surface area contributed by atoms with Crippen molar-refractivity contribution in [2.24, 2.45) is 0 Å². The van der Waals surface area contributed by atoms with Crippen LogP contribution in [0.5, 0.6) is 5.75 Å². The highest BCUT2D eigenvalue weighted by molar-refractivity contribution is 9.10. The Bertz CT molecular complexity index is 376. The molecule has 100 valence electrons. The summed E-state index contributed by atoms with van der Waals surface area (Å²) in [7, 11) is 0. The minimum Gasteiger partial charge on any atom is -0.492 e. The van der Waals surface area contributed by atoms with Gasteiger partial charge in [0.25, 0.3) is 0 Å². The summed E-state index contributed by atoms with van der Waals surface area (Å²) in [6, 6.07) is 8.41. The van der Waals surface area contributed by atoms with E-state index in [1.807, 2.05) is 24.3 Å². The van der Waals surface area contributed by atoms with Crippen LogP contribution in [0.25, 0.3) is 0 Å². The fraction of sp³-hybridized carbons (Fsp3) is 0.538.